The van der Waals surface area contributed by atoms with E-state index in [0.717, 1.165) is 10.8 Å². The van der Waals surface area contributed by atoms with Gasteiger partial charge >= 0.3 is 5.97 Å². The molecule has 0 heterocycles. The standard InChI is InChI=1S/C16H15ClN2O3/c1-2-22-16(21)15(14(20)10-17)19-18-13-8-7-11-5-3-4-6-12(11)9-13/h3-9,20H,2,10H2,1H3/b15-14-,19-18?. The molecule has 0 amide bonds. The summed E-state index contributed by atoms with van der Waals surface area (Å²) >= 11 is 5.53. The maximum absolute atomic E-state index is 11.7. The predicted octanol–water partition coefficient (Wildman–Crippen LogP) is 4.50. The fourth-order valence-corrected chi connectivity index (χ4v) is 1.95. The largest absolute Gasteiger partial charge is 0.508 e. The monoisotopic (exact) mass is 318 g/mol. The van der Waals surface area contributed by atoms with E-state index in [-0.39, 0.29) is 23.9 Å². The molecule has 0 saturated carbocycles. The second-order valence-corrected chi connectivity index (χ2v) is 4.65. The van der Waals surface area contributed by atoms with Gasteiger partial charge in [0.05, 0.1) is 18.2 Å². The van der Waals surface area contributed by atoms with E-state index in [1.807, 2.05) is 36.4 Å². The van der Waals surface area contributed by atoms with Gasteiger partial charge in [0.15, 0.2) is 0 Å². The smallest absolute Gasteiger partial charge is 0.362 e. The van der Waals surface area contributed by atoms with Crippen molar-refractivity contribution in [1.82, 2.24) is 0 Å². The van der Waals surface area contributed by atoms with E-state index in [4.69, 9.17) is 16.3 Å². The van der Waals surface area contributed by atoms with Crippen LogP contribution >= 0.6 is 11.6 Å². The van der Waals surface area contributed by atoms with Crippen molar-refractivity contribution in [2.45, 2.75) is 6.92 Å². The minimum Gasteiger partial charge on any atom is -0.508 e. The molecule has 2 aromatic rings. The van der Waals surface area contributed by atoms with Gasteiger partial charge in [0.2, 0.25) is 5.70 Å². The van der Waals surface area contributed by atoms with Gasteiger partial charge in [-0.1, -0.05) is 30.3 Å². The summed E-state index contributed by atoms with van der Waals surface area (Å²) in [4.78, 5) is 11.7. The van der Waals surface area contributed by atoms with E-state index in [1.54, 1.807) is 13.0 Å². The number of fused-ring (bicyclic) bond motifs is 1. The molecule has 0 aliphatic heterocycles. The Bertz CT molecular complexity index is 741. The number of alkyl halides is 1. The fraction of sp³-hybridized carbons (Fsp3) is 0.188. The Morgan fingerprint density at radius 2 is 1.95 bits per heavy atom. The van der Waals surface area contributed by atoms with Crippen molar-refractivity contribution < 1.29 is 14.6 Å². The quantitative estimate of drug-likeness (QED) is 0.290. The van der Waals surface area contributed by atoms with Crippen LogP contribution in [0.3, 0.4) is 0 Å². The summed E-state index contributed by atoms with van der Waals surface area (Å²) in [5, 5.41) is 19.5. The van der Waals surface area contributed by atoms with E-state index in [0.29, 0.717) is 5.69 Å². The Hall–Kier alpha value is -2.40. The zero-order valence-electron chi connectivity index (χ0n) is 12.0. The second kappa shape index (κ2) is 7.56. The van der Waals surface area contributed by atoms with Crippen molar-refractivity contribution in [1.29, 1.82) is 0 Å². The molecular formula is C16H15ClN2O3. The molecule has 2 aromatic carbocycles. The molecule has 0 aliphatic carbocycles. The van der Waals surface area contributed by atoms with Gasteiger partial charge in [-0.25, -0.2) is 4.79 Å². The van der Waals surface area contributed by atoms with Gasteiger partial charge in [0, 0.05) is 0 Å². The fourth-order valence-electron chi connectivity index (χ4n) is 1.83. The van der Waals surface area contributed by atoms with Crippen LogP contribution in [0.1, 0.15) is 6.92 Å². The lowest BCUT2D eigenvalue weighted by atomic mass is 10.1. The molecule has 6 heteroatoms. The lowest BCUT2D eigenvalue weighted by Gasteiger charge is -2.03. The van der Waals surface area contributed by atoms with Crippen LogP contribution in [-0.2, 0) is 9.53 Å². The number of esters is 1. The number of nitrogens with zero attached hydrogens (tertiary/aromatic N) is 2. The summed E-state index contributed by atoms with van der Waals surface area (Å²) in [5.41, 5.74) is 0.271. The van der Waals surface area contributed by atoms with Crippen LogP contribution in [0.5, 0.6) is 0 Å². The van der Waals surface area contributed by atoms with Crippen molar-refractivity contribution >= 4 is 34.0 Å². The normalized spacial score (nSPS) is 12.5. The minimum atomic E-state index is -0.759. The molecule has 0 aromatic heterocycles. The second-order valence-electron chi connectivity index (χ2n) is 4.38. The summed E-state index contributed by atoms with van der Waals surface area (Å²) in [6, 6.07) is 13.3. The first-order valence-electron chi connectivity index (χ1n) is 6.71. The van der Waals surface area contributed by atoms with Gasteiger partial charge < -0.3 is 9.84 Å². The van der Waals surface area contributed by atoms with Gasteiger partial charge in [0.1, 0.15) is 5.76 Å². The highest BCUT2D eigenvalue weighted by Gasteiger charge is 2.16. The molecule has 0 aliphatic rings. The highest BCUT2D eigenvalue weighted by atomic mass is 35.5. The summed E-state index contributed by atoms with van der Waals surface area (Å²) in [6.45, 7) is 1.83. The highest BCUT2D eigenvalue weighted by Crippen LogP contribution is 2.22. The molecule has 5 nitrogen and oxygen atoms in total. The topological polar surface area (TPSA) is 71.2 Å². The van der Waals surface area contributed by atoms with Crippen molar-refractivity contribution in [3.63, 3.8) is 0 Å². The number of carbonyl (C=O) groups is 1. The van der Waals surface area contributed by atoms with E-state index in [2.05, 4.69) is 10.2 Å². The molecule has 0 spiro atoms. The molecular weight excluding hydrogens is 304 g/mol. The van der Waals surface area contributed by atoms with Crippen LogP contribution in [0.15, 0.2) is 64.1 Å². The molecule has 0 atom stereocenters. The molecule has 0 radical (unpaired) electrons. The van der Waals surface area contributed by atoms with Gasteiger partial charge in [-0.15, -0.1) is 16.7 Å². The Balaban J connectivity index is 2.31. The van der Waals surface area contributed by atoms with Crippen molar-refractivity contribution in [2.75, 3.05) is 12.5 Å². The first-order valence-corrected chi connectivity index (χ1v) is 7.25. The van der Waals surface area contributed by atoms with Crippen LogP contribution in [0.2, 0.25) is 0 Å². The van der Waals surface area contributed by atoms with E-state index >= 15 is 0 Å². The molecule has 0 saturated heterocycles. The van der Waals surface area contributed by atoms with Gasteiger partial charge in [0.25, 0.3) is 0 Å². The van der Waals surface area contributed by atoms with Crippen molar-refractivity contribution in [2.24, 2.45) is 10.2 Å². The summed E-state index contributed by atoms with van der Waals surface area (Å²) in [5.74, 6) is -1.37. The van der Waals surface area contributed by atoms with Crippen LogP contribution < -0.4 is 0 Å². The lowest BCUT2D eigenvalue weighted by molar-refractivity contribution is -0.138. The number of azo groups is 1. The Morgan fingerprint density at radius 3 is 2.64 bits per heavy atom. The van der Waals surface area contributed by atoms with E-state index in [9.17, 15) is 9.90 Å². The molecule has 22 heavy (non-hydrogen) atoms. The van der Waals surface area contributed by atoms with E-state index in [1.165, 1.54) is 0 Å². The number of halogens is 1. The number of aliphatic hydroxyl groups excluding tert-OH is 1. The third-order valence-electron chi connectivity index (χ3n) is 2.87. The number of hydrogen-bond donors (Lipinski definition) is 1. The highest BCUT2D eigenvalue weighted by molar-refractivity contribution is 6.19. The maximum Gasteiger partial charge on any atom is 0.362 e. The lowest BCUT2D eigenvalue weighted by Crippen LogP contribution is -2.09. The van der Waals surface area contributed by atoms with E-state index < -0.39 is 5.97 Å². The molecule has 0 fully saturated rings. The Kier molecular flexibility index (Phi) is 5.49. The summed E-state index contributed by atoms with van der Waals surface area (Å²) in [6.07, 6.45) is 0. The zero-order chi connectivity index (χ0) is 15.9. The summed E-state index contributed by atoms with van der Waals surface area (Å²) in [7, 11) is 0. The molecule has 114 valence electrons. The number of benzene rings is 2. The molecule has 0 unspecified atom stereocenters. The SMILES string of the molecule is CCOC(=O)/C(N=Nc1ccc2ccccc2c1)=C(/O)CCl. The van der Waals surface area contributed by atoms with Crippen LogP contribution in [0.25, 0.3) is 10.8 Å². The Labute approximate surface area is 132 Å². The van der Waals surface area contributed by atoms with Gasteiger partial charge in [-0.05, 0) is 29.8 Å². The van der Waals surface area contributed by atoms with Crippen molar-refractivity contribution in [3.8, 4) is 0 Å². The average molecular weight is 319 g/mol. The van der Waals surface area contributed by atoms with Gasteiger partial charge in [-0.3, -0.25) is 0 Å². The third-order valence-corrected chi connectivity index (χ3v) is 3.12. The maximum atomic E-state index is 11.7. The molecule has 1 N–H and O–H groups in total. The number of carbonyl (C=O) groups excluding carboxylic acids is 1. The minimum absolute atomic E-state index is 0.170. The van der Waals surface area contributed by atoms with Gasteiger partial charge in [-0.2, -0.15) is 5.11 Å². The molecule has 2 rings (SSSR count). The number of allylic oxidation sites excluding steroid dienone is 1. The van der Waals surface area contributed by atoms with Crippen molar-refractivity contribution in [3.05, 3.63) is 53.9 Å². The van der Waals surface area contributed by atoms with Crippen LogP contribution in [0.4, 0.5) is 5.69 Å². The molecule has 0 bridgehead atoms. The van der Waals surface area contributed by atoms with Crippen LogP contribution in [0, 0.1) is 0 Å². The predicted molar refractivity (Wildman–Crippen MR) is 85.5 cm³/mol. The first kappa shape index (κ1) is 16.0. The van der Waals surface area contributed by atoms with Crippen LogP contribution in [-0.4, -0.2) is 23.6 Å². The summed E-state index contributed by atoms with van der Waals surface area (Å²) < 4.78 is 4.82. The average Bonchev–Trinajstić information content (AvgIpc) is 2.54. The third kappa shape index (κ3) is 3.83. The number of aliphatic hydroxyl groups is 1. The number of hydrogen-bond acceptors (Lipinski definition) is 5. The number of rotatable bonds is 5. The Morgan fingerprint density at radius 1 is 1.23 bits per heavy atom. The first-order chi connectivity index (χ1) is 10.7. The number of ether oxygens (including phenoxy) is 1. The zero-order valence-corrected chi connectivity index (χ0v) is 12.7.